The molecule has 0 fully saturated rings. The lowest BCUT2D eigenvalue weighted by Crippen LogP contribution is -2.12. The van der Waals surface area contributed by atoms with Gasteiger partial charge in [0.1, 0.15) is 11.5 Å². The summed E-state index contributed by atoms with van der Waals surface area (Å²) < 4.78 is 12.3. The third-order valence-electron chi connectivity index (χ3n) is 4.72. The van der Waals surface area contributed by atoms with Crippen LogP contribution < -0.4 is 14.8 Å². The molecule has 3 aromatic carbocycles. The number of aromatic nitrogens is 2. The normalized spacial score (nSPS) is 10.7. The largest absolute Gasteiger partial charge is 0.497 e. The second-order valence-electron chi connectivity index (χ2n) is 6.62. The Kier molecular flexibility index (Phi) is 5.16. The standard InChI is InChI=1S/C23H21N3O3/c1-28-20-10-18(11-21(12-20)29-2)23(27)25-19-13-24-26(15-19)14-17-8-5-7-16-6-3-4-9-22(16)17/h3-13,15H,14H2,1-2H3,(H,25,27). The highest BCUT2D eigenvalue weighted by molar-refractivity contribution is 6.04. The second kappa shape index (κ2) is 8.06. The van der Waals surface area contributed by atoms with Crippen molar-refractivity contribution in [2.75, 3.05) is 19.5 Å². The van der Waals surface area contributed by atoms with Crippen molar-refractivity contribution in [3.63, 3.8) is 0 Å². The number of nitrogens with one attached hydrogen (secondary N) is 1. The summed E-state index contributed by atoms with van der Waals surface area (Å²) in [5.41, 5.74) is 2.24. The van der Waals surface area contributed by atoms with Gasteiger partial charge in [0.2, 0.25) is 0 Å². The Bertz CT molecular complexity index is 1140. The molecule has 0 unspecified atom stereocenters. The smallest absolute Gasteiger partial charge is 0.256 e. The summed E-state index contributed by atoms with van der Waals surface area (Å²) in [5.74, 6) is 0.856. The summed E-state index contributed by atoms with van der Waals surface area (Å²) in [4.78, 5) is 12.6. The van der Waals surface area contributed by atoms with Gasteiger partial charge in [0, 0.05) is 17.8 Å². The second-order valence-corrected chi connectivity index (χ2v) is 6.62. The number of fused-ring (bicyclic) bond motifs is 1. The van der Waals surface area contributed by atoms with Crippen molar-refractivity contribution < 1.29 is 14.3 Å². The Hall–Kier alpha value is -3.80. The first-order valence-electron chi connectivity index (χ1n) is 9.20. The Labute approximate surface area is 168 Å². The first kappa shape index (κ1) is 18.6. The average Bonchev–Trinajstić information content (AvgIpc) is 3.20. The van der Waals surface area contributed by atoms with E-state index in [4.69, 9.17) is 9.47 Å². The maximum Gasteiger partial charge on any atom is 0.256 e. The first-order chi connectivity index (χ1) is 14.2. The predicted octanol–water partition coefficient (Wildman–Crippen LogP) is 4.35. The van der Waals surface area contributed by atoms with Crippen LogP contribution in [-0.2, 0) is 6.54 Å². The number of anilines is 1. The monoisotopic (exact) mass is 387 g/mol. The molecule has 29 heavy (non-hydrogen) atoms. The molecular weight excluding hydrogens is 366 g/mol. The summed E-state index contributed by atoms with van der Waals surface area (Å²) in [7, 11) is 3.10. The van der Waals surface area contributed by atoms with Crippen LogP contribution in [-0.4, -0.2) is 29.9 Å². The van der Waals surface area contributed by atoms with Crippen molar-refractivity contribution in [2.24, 2.45) is 0 Å². The number of hydrogen-bond acceptors (Lipinski definition) is 4. The minimum atomic E-state index is -0.257. The number of ether oxygens (including phenoxy) is 2. The Balaban J connectivity index is 1.51. The molecule has 0 bridgehead atoms. The molecule has 0 aliphatic carbocycles. The summed E-state index contributed by atoms with van der Waals surface area (Å²) in [6.07, 6.45) is 3.46. The van der Waals surface area contributed by atoms with E-state index in [1.807, 2.05) is 29.1 Å². The zero-order valence-electron chi connectivity index (χ0n) is 16.3. The SMILES string of the molecule is COc1cc(OC)cc(C(=O)Nc2cnn(Cc3cccc4ccccc34)c2)c1. The minimum absolute atomic E-state index is 0.257. The fourth-order valence-electron chi connectivity index (χ4n) is 3.26. The van der Waals surface area contributed by atoms with Gasteiger partial charge in [0.05, 0.1) is 32.6 Å². The maximum atomic E-state index is 12.6. The number of methoxy groups -OCH3 is 2. The molecule has 4 rings (SSSR count). The average molecular weight is 387 g/mol. The van der Waals surface area contributed by atoms with E-state index in [1.54, 1.807) is 38.6 Å². The zero-order chi connectivity index (χ0) is 20.2. The van der Waals surface area contributed by atoms with Crippen molar-refractivity contribution >= 4 is 22.4 Å². The summed E-state index contributed by atoms with van der Waals surface area (Å²) in [6, 6.07) is 19.5. The van der Waals surface area contributed by atoms with Crippen LogP contribution in [0.1, 0.15) is 15.9 Å². The maximum absolute atomic E-state index is 12.6. The number of rotatable bonds is 6. The first-order valence-corrected chi connectivity index (χ1v) is 9.20. The highest BCUT2D eigenvalue weighted by atomic mass is 16.5. The molecule has 0 aliphatic heterocycles. The van der Waals surface area contributed by atoms with Gasteiger partial charge in [-0.3, -0.25) is 9.48 Å². The predicted molar refractivity (Wildman–Crippen MR) is 113 cm³/mol. The zero-order valence-corrected chi connectivity index (χ0v) is 16.3. The minimum Gasteiger partial charge on any atom is -0.497 e. The van der Waals surface area contributed by atoms with Crippen LogP contribution in [0.5, 0.6) is 11.5 Å². The molecule has 1 aromatic heterocycles. The molecule has 1 N–H and O–H groups in total. The molecule has 0 saturated carbocycles. The molecule has 0 aliphatic rings. The van der Waals surface area contributed by atoms with Gasteiger partial charge in [0.15, 0.2) is 0 Å². The lowest BCUT2D eigenvalue weighted by molar-refractivity contribution is 0.102. The molecule has 1 heterocycles. The molecule has 0 saturated heterocycles. The fraction of sp³-hybridized carbons (Fsp3) is 0.130. The highest BCUT2D eigenvalue weighted by Gasteiger charge is 2.12. The molecule has 1 amide bonds. The third kappa shape index (κ3) is 4.06. The summed E-state index contributed by atoms with van der Waals surface area (Å²) in [5, 5.41) is 9.64. The van der Waals surface area contributed by atoms with Crippen LogP contribution in [0.3, 0.4) is 0 Å². The highest BCUT2D eigenvalue weighted by Crippen LogP contribution is 2.23. The Morgan fingerprint density at radius 3 is 2.48 bits per heavy atom. The van der Waals surface area contributed by atoms with Crippen LogP contribution in [0.4, 0.5) is 5.69 Å². The molecule has 146 valence electrons. The lowest BCUT2D eigenvalue weighted by Gasteiger charge is -2.08. The Morgan fingerprint density at radius 1 is 1.00 bits per heavy atom. The van der Waals surface area contributed by atoms with Gasteiger partial charge in [-0.2, -0.15) is 5.10 Å². The van der Waals surface area contributed by atoms with Crippen molar-refractivity contribution in [1.29, 1.82) is 0 Å². The third-order valence-corrected chi connectivity index (χ3v) is 4.72. The van der Waals surface area contributed by atoms with Gasteiger partial charge < -0.3 is 14.8 Å². The van der Waals surface area contributed by atoms with Gasteiger partial charge in [-0.05, 0) is 28.5 Å². The van der Waals surface area contributed by atoms with Crippen molar-refractivity contribution in [1.82, 2.24) is 9.78 Å². The van der Waals surface area contributed by atoms with Crippen LogP contribution >= 0.6 is 0 Å². The van der Waals surface area contributed by atoms with E-state index in [0.29, 0.717) is 29.3 Å². The van der Waals surface area contributed by atoms with E-state index in [9.17, 15) is 4.79 Å². The van der Waals surface area contributed by atoms with Gasteiger partial charge >= 0.3 is 0 Å². The van der Waals surface area contributed by atoms with Gasteiger partial charge in [-0.25, -0.2) is 0 Å². The molecule has 4 aromatic rings. The molecule has 6 heteroatoms. The van der Waals surface area contributed by atoms with E-state index >= 15 is 0 Å². The number of hydrogen-bond donors (Lipinski definition) is 1. The van der Waals surface area contributed by atoms with E-state index in [-0.39, 0.29) is 5.91 Å². The number of carbonyl (C=O) groups is 1. The molecule has 0 atom stereocenters. The number of benzene rings is 3. The number of nitrogens with zero attached hydrogens (tertiary/aromatic N) is 2. The van der Waals surface area contributed by atoms with E-state index in [1.165, 1.54) is 16.3 Å². The summed E-state index contributed by atoms with van der Waals surface area (Å²) >= 11 is 0. The van der Waals surface area contributed by atoms with Crippen molar-refractivity contribution in [2.45, 2.75) is 6.54 Å². The Morgan fingerprint density at radius 2 is 1.72 bits per heavy atom. The molecule has 0 spiro atoms. The van der Waals surface area contributed by atoms with Crippen LogP contribution in [0.2, 0.25) is 0 Å². The number of carbonyl (C=O) groups excluding carboxylic acids is 1. The van der Waals surface area contributed by atoms with E-state index < -0.39 is 0 Å². The quantitative estimate of drug-likeness (QED) is 0.534. The van der Waals surface area contributed by atoms with E-state index in [0.717, 1.165) is 0 Å². The lowest BCUT2D eigenvalue weighted by atomic mass is 10.0. The molecule has 0 radical (unpaired) electrons. The van der Waals surface area contributed by atoms with Gasteiger partial charge in [-0.1, -0.05) is 42.5 Å². The van der Waals surface area contributed by atoms with Crippen LogP contribution in [0.15, 0.2) is 73.1 Å². The van der Waals surface area contributed by atoms with Crippen molar-refractivity contribution in [3.05, 3.63) is 84.2 Å². The fourth-order valence-corrected chi connectivity index (χ4v) is 3.26. The van der Waals surface area contributed by atoms with Crippen molar-refractivity contribution in [3.8, 4) is 11.5 Å². The molecular formula is C23H21N3O3. The van der Waals surface area contributed by atoms with Crippen LogP contribution in [0, 0.1) is 0 Å². The van der Waals surface area contributed by atoms with Gasteiger partial charge in [-0.15, -0.1) is 0 Å². The van der Waals surface area contributed by atoms with Crippen LogP contribution in [0.25, 0.3) is 10.8 Å². The summed E-state index contributed by atoms with van der Waals surface area (Å²) in [6.45, 7) is 0.615. The molecule has 6 nitrogen and oxygen atoms in total. The van der Waals surface area contributed by atoms with Gasteiger partial charge in [0.25, 0.3) is 5.91 Å². The topological polar surface area (TPSA) is 65.4 Å². The number of amides is 1. The van der Waals surface area contributed by atoms with E-state index in [2.05, 4.69) is 34.7 Å².